The molecule has 44 heavy (non-hydrogen) atoms. The normalized spacial score (nSPS) is 13.8. The number of sulfonamides is 1. The van der Waals surface area contributed by atoms with Gasteiger partial charge < -0.3 is 19.9 Å². The number of nitrogens with zero attached hydrogens (tertiary/aromatic N) is 4. The second-order valence-corrected chi connectivity index (χ2v) is 12.4. The Hall–Kier alpha value is -4.17. The van der Waals surface area contributed by atoms with Gasteiger partial charge in [-0.1, -0.05) is 35.9 Å². The summed E-state index contributed by atoms with van der Waals surface area (Å²) < 4.78 is 41.0. The zero-order chi connectivity index (χ0) is 31.3. The quantitative estimate of drug-likeness (QED) is 0.179. The van der Waals surface area contributed by atoms with Crippen molar-refractivity contribution in [2.45, 2.75) is 50.3 Å². The summed E-state index contributed by atoms with van der Waals surface area (Å²) in [6.45, 7) is 4.73. The molecular weight excluding hydrogens is 608 g/mol. The predicted octanol–water partition coefficient (Wildman–Crippen LogP) is 4.42. The van der Waals surface area contributed by atoms with E-state index in [0.29, 0.717) is 24.5 Å². The average molecular weight is 639 g/mol. The van der Waals surface area contributed by atoms with E-state index in [1.165, 1.54) is 24.4 Å². The van der Waals surface area contributed by atoms with E-state index >= 15 is 0 Å². The average Bonchev–Trinajstić information content (AvgIpc) is 3.81. The third-order valence-corrected chi connectivity index (χ3v) is 8.28. The molecule has 1 aliphatic rings. The smallest absolute Gasteiger partial charge is 0.335 e. The minimum absolute atomic E-state index is 0.135. The molecule has 4 aromatic rings. The first-order valence-corrected chi connectivity index (χ1v) is 15.7. The summed E-state index contributed by atoms with van der Waals surface area (Å²) in [5.41, 5.74) is 3.60. The molecule has 5 rings (SSSR count). The molecule has 230 valence electrons. The summed E-state index contributed by atoms with van der Waals surface area (Å²) >= 11 is 5.98. The number of carbonyl (C=O) groups is 1. The van der Waals surface area contributed by atoms with E-state index in [2.05, 4.69) is 30.0 Å². The molecule has 1 atom stereocenters. The maximum Gasteiger partial charge on any atom is 0.335 e. The van der Waals surface area contributed by atoms with Crippen LogP contribution in [0.3, 0.4) is 0 Å². The van der Waals surface area contributed by atoms with Gasteiger partial charge in [-0.25, -0.2) is 27.9 Å². The van der Waals surface area contributed by atoms with Crippen molar-refractivity contribution in [3.05, 3.63) is 88.5 Å². The predicted molar refractivity (Wildman–Crippen MR) is 163 cm³/mol. The number of anilines is 1. The van der Waals surface area contributed by atoms with E-state index in [0.717, 1.165) is 35.6 Å². The van der Waals surface area contributed by atoms with Gasteiger partial charge in [0.2, 0.25) is 11.8 Å². The number of aromatic nitrogens is 4. The largest absolute Gasteiger partial charge is 0.478 e. The molecule has 1 saturated carbocycles. The lowest BCUT2D eigenvalue weighted by Gasteiger charge is -2.20. The first-order valence-electron chi connectivity index (χ1n) is 13.8. The maximum atomic E-state index is 13.3. The topological polar surface area (TPSA) is 166 Å². The molecule has 0 unspecified atom stereocenters. The second-order valence-electron chi connectivity index (χ2n) is 10.4. The summed E-state index contributed by atoms with van der Waals surface area (Å²) in [7, 11) is -4.24. The van der Waals surface area contributed by atoms with Gasteiger partial charge in [0.05, 0.1) is 46.8 Å². The fourth-order valence-corrected chi connectivity index (χ4v) is 5.57. The van der Waals surface area contributed by atoms with Crippen molar-refractivity contribution in [3.8, 4) is 17.1 Å². The van der Waals surface area contributed by atoms with Crippen LogP contribution in [0.2, 0.25) is 5.15 Å². The SMILES string of the molecule is Cc1cccc(C)c1-c1cc(OC[C@@H](COC2CC2)NCc2cncc(Cl)n2)nc(NS(=O)(=O)c2cccc(C(=O)O)c2)n1. The molecule has 2 aromatic carbocycles. The van der Waals surface area contributed by atoms with Crippen LogP contribution in [0, 0.1) is 13.8 Å². The summed E-state index contributed by atoms with van der Waals surface area (Å²) in [6.07, 6.45) is 5.32. The van der Waals surface area contributed by atoms with Crippen LogP contribution >= 0.6 is 11.6 Å². The van der Waals surface area contributed by atoms with E-state index in [4.69, 9.17) is 21.1 Å². The van der Waals surface area contributed by atoms with Crippen molar-refractivity contribution in [2.75, 3.05) is 17.9 Å². The van der Waals surface area contributed by atoms with Crippen LogP contribution in [0.15, 0.2) is 65.8 Å². The van der Waals surface area contributed by atoms with Crippen LogP contribution < -0.4 is 14.8 Å². The van der Waals surface area contributed by atoms with Crippen LogP contribution in [-0.2, 0) is 21.3 Å². The molecule has 1 aliphatic carbocycles. The van der Waals surface area contributed by atoms with Crippen molar-refractivity contribution >= 4 is 33.5 Å². The Labute approximate surface area is 259 Å². The maximum absolute atomic E-state index is 13.3. The van der Waals surface area contributed by atoms with Crippen molar-refractivity contribution in [1.82, 2.24) is 25.3 Å². The minimum atomic E-state index is -4.24. The van der Waals surface area contributed by atoms with Gasteiger partial charge in [-0.15, -0.1) is 0 Å². The van der Waals surface area contributed by atoms with Gasteiger partial charge in [0.25, 0.3) is 10.0 Å². The Kier molecular flexibility index (Phi) is 9.69. The van der Waals surface area contributed by atoms with Crippen LogP contribution in [0.4, 0.5) is 5.95 Å². The van der Waals surface area contributed by atoms with Gasteiger partial charge in [0.1, 0.15) is 11.8 Å². The van der Waals surface area contributed by atoms with Gasteiger partial charge in [0, 0.05) is 24.4 Å². The highest BCUT2D eigenvalue weighted by atomic mass is 35.5. The lowest BCUT2D eigenvalue weighted by Crippen LogP contribution is -2.39. The summed E-state index contributed by atoms with van der Waals surface area (Å²) in [4.78, 5) is 28.4. The molecule has 2 heterocycles. The number of benzene rings is 2. The summed E-state index contributed by atoms with van der Waals surface area (Å²) in [6, 6.07) is 12.2. The first kappa shape index (κ1) is 31.3. The van der Waals surface area contributed by atoms with Gasteiger partial charge in [-0.05, 0) is 56.0 Å². The Bertz CT molecular complexity index is 1750. The molecule has 12 nitrogen and oxygen atoms in total. The zero-order valence-electron chi connectivity index (χ0n) is 24.0. The Morgan fingerprint density at radius 1 is 1.05 bits per heavy atom. The third kappa shape index (κ3) is 8.26. The molecule has 0 bridgehead atoms. The molecule has 0 saturated heterocycles. The monoisotopic (exact) mass is 638 g/mol. The van der Waals surface area contributed by atoms with Crippen molar-refractivity contribution < 1.29 is 27.8 Å². The number of aromatic carboxylic acids is 1. The van der Waals surface area contributed by atoms with Crippen LogP contribution in [0.5, 0.6) is 5.88 Å². The third-order valence-electron chi connectivity index (χ3n) is 6.77. The number of rotatable bonds is 14. The highest BCUT2D eigenvalue weighted by Gasteiger charge is 2.25. The van der Waals surface area contributed by atoms with E-state index in [1.54, 1.807) is 12.3 Å². The van der Waals surface area contributed by atoms with Gasteiger partial charge in [-0.3, -0.25) is 4.98 Å². The fourth-order valence-electron chi connectivity index (χ4n) is 4.42. The van der Waals surface area contributed by atoms with Crippen LogP contribution in [0.1, 0.15) is 40.0 Å². The zero-order valence-corrected chi connectivity index (χ0v) is 25.6. The van der Waals surface area contributed by atoms with Crippen molar-refractivity contribution in [3.63, 3.8) is 0 Å². The summed E-state index contributed by atoms with van der Waals surface area (Å²) in [5, 5.41) is 13.0. The highest BCUT2D eigenvalue weighted by Crippen LogP contribution is 2.29. The molecule has 14 heteroatoms. The van der Waals surface area contributed by atoms with E-state index in [9.17, 15) is 18.3 Å². The lowest BCUT2D eigenvalue weighted by molar-refractivity contribution is 0.0696. The van der Waals surface area contributed by atoms with E-state index in [-0.39, 0.29) is 46.2 Å². The highest BCUT2D eigenvalue weighted by molar-refractivity contribution is 7.92. The molecule has 0 amide bonds. The lowest BCUT2D eigenvalue weighted by atomic mass is 10.00. The first-order chi connectivity index (χ1) is 21.1. The van der Waals surface area contributed by atoms with Gasteiger partial charge in [-0.2, -0.15) is 4.98 Å². The molecule has 3 N–H and O–H groups in total. The number of ether oxygens (including phenoxy) is 2. The summed E-state index contributed by atoms with van der Waals surface area (Å²) in [5.74, 6) is -1.34. The Morgan fingerprint density at radius 3 is 2.50 bits per heavy atom. The number of hydrogen-bond donors (Lipinski definition) is 3. The van der Waals surface area contributed by atoms with Gasteiger partial charge in [0.15, 0.2) is 0 Å². The number of carboxylic acid groups (broad SMARTS) is 1. The molecule has 2 aromatic heterocycles. The Balaban J connectivity index is 1.42. The van der Waals surface area contributed by atoms with E-state index in [1.807, 2.05) is 32.0 Å². The molecular formula is C30H31ClN6O6S. The fraction of sp³-hybridized carbons (Fsp3) is 0.300. The second kappa shape index (κ2) is 13.6. The Morgan fingerprint density at radius 2 is 1.80 bits per heavy atom. The molecule has 0 spiro atoms. The molecule has 0 aliphatic heterocycles. The van der Waals surface area contributed by atoms with Crippen LogP contribution in [-0.4, -0.2) is 64.8 Å². The molecule has 1 fully saturated rings. The number of carboxylic acids is 1. The van der Waals surface area contributed by atoms with E-state index < -0.39 is 16.0 Å². The minimum Gasteiger partial charge on any atom is -0.478 e. The molecule has 0 radical (unpaired) electrons. The number of halogens is 1. The van der Waals surface area contributed by atoms with Crippen molar-refractivity contribution in [2.24, 2.45) is 0 Å². The number of nitrogens with one attached hydrogen (secondary N) is 2. The standard InChI is InChI=1S/C30H31ClN6O6S/c1-18-5-3-6-19(2)28(18)25-12-27(36-30(35-25)37-44(40,41)24-8-4-7-20(11-24)29(38)39)43-17-22(16-42-23-9-10-23)33-14-21-13-32-15-26(31)34-21/h3-8,11-13,15,22-23,33H,9-10,14,16-17H2,1-2H3,(H,38,39)(H,35,36,37)/t22-/m1/s1. The number of hydrogen-bond acceptors (Lipinski definition) is 10. The van der Waals surface area contributed by atoms with Gasteiger partial charge >= 0.3 is 5.97 Å². The van der Waals surface area contributed by atoms with Crippen LogP contribution in [0.25, 0.3) is 11.3 Å². The number of aryl methyl sites for hydroxylation is 2. The van der Waals surface area contributed by atoms with Crippen molar-refractivity contribution in [1.29, 1.82) is 0 Å².